The fourth-order valence-corrected chi connectivity index (χ4v) is 1.92. The van der Waals surface area contributed by atoms with Gasteiger partial charge in [-0.25, -0.2) is 0 Å². The van der Waals surface area contributed by atoms with Gasteiger partial charge in [-0.15, -0.1) is 0 Å². The van der Waals surface area contributed by atoms with Crippen molar-refractivity contribution in [3.63, 3.8) is 0 Å². The van der Waals surface area contributed by atoms with Crippen LogP contribution in [0.4, 0.5) is 0 Å². The molecule has 0 unspecified atom stereocenters. The van der Waals surface area contributed by atoms with Crippen LogP contribution >= 0.6 is 0 Å². The summed E-state index contributed by atoms with van der Waals surface area (Å²) in [6.45, 7) is 3.32. The summed E-state index contributed by atoms with van der Waals surface area (Å²) in [5.74, 6) is 0. The molecule has 1 aliphatic heterocycles. The van der Waals surface area contributed by atoms with E-state index in [0.29, 0.717) is 6.10 Å². The third-order valence-electron chi connectivity index (χ3n) is 3.03. The molecule has 0 aromatic heterocycles. The second-order valence-corrected chi connectivity index (χ2v) is 4.57. The molecular formula is C13H26O. The number of rotatable bonds is 10. The van der Waals surface area contributed by atoms with Gasteiger partial charge in [0.1, 0.15) is 0 Å². The molecule has 1 heterocycles. The highest BCUT2D eigenvalue weighted by Crippen LogP contribution is 2.18. The molecule has 1 nitrogen and oxygen atoms in total. The molecule has 1 aliphatic rings. The topological polar surface area (TPSA) is 12.5 Å². The predicted molar refractivity (Wildman–Crippen MR) is 61.6 cm³/mol. The van der Waals surface area contributed by atoms with Crippen molar-refractivity contribution in [3.8, 4) is 0 Å². The van der Waals surface area contributed by atoms with Crippen LogP contribution in [0.5, 0.6) is 0 Å². The maximum absolute atomic E-state index is 5.18. The SMILES string of the molecule is CCCCCCCCCCC[C@@H]1CO1. The normalized spacial score (nSPS) is 19.9. The molecular weight excluding hydrogens is 172 g/mol. The quantitative estimate of drug-likeness (QED) is 0.376. The Labute approximate surface area is 89.2 Å². The Kier molecular flexibility index (Phi) is 7.12. The smallest absolute Gasteiger partial charge is 0.0810 e. The van der Waals surface area contributed by atoms with Crippen molar-refractivity contribution >= 4 is 0 Å². The molecule has 1 heteroatoms. The summed E-state index contributed by atoms with van der Waals surface area (Å²) in [4.78, 5) is 0. The van der Waals surface area contributed by atoms with Gasteiger partial charge in [-0.05, 0) is 6.42 Å². The van der Waals surface area contributed by atoms with Gasteiger partial charge in [0.25, 0.3) is 0 Å². The van der Waals surface area contributed by atoms with Crippen LogP contribution in [0.1, 0.15) is 71.1 Å². The Morgan fingerprint density at radius 3 is 1.86 bits per heavy atom. The maximum Gasteiger partial charge on any atom is 0.0810 e. The van der Waals surface area contributed by atoms with E-state index in [0.717, 1.165) is 6.61 Å². The second kappa shape index (κ2) is 8.28. The van der Waals surface area contributed by atoms with Gasteiger partial charge in [0.15, 0.2) is 0 Å². The predicted octanol–water partition coefficient (Wildman–Crippen LogP) is 4.31. The van der Waals surface area contributed by atoms with Gasteiger partial charge in [-0.3, -0.25) is 0 Å². The molecule has 0 bridgehead atoms. The number of ether oxygens (including phenoxy) is 1. The third kappa shape index (κ3) is 7.37. The highest BCUT2D eigenvalue weighted by molar-refractivity contribution is 4.68. The number of hydrogen-bond donors (Lipinski definition) is 0. The zero-order valence-corrected chi connectivity index (χ0v) is 9.76. The molecule has 0 N–H and O–H groups in total. The first-order valence-electron chi connectivity index (χ1n) is 6.55. The van der Waals surface area contributed by atoms with E-state index in [1.807, 2.05) is 0 Å². The summed E-state index contributed by atoms with van der Waals surface area (Å²) in [6.07, 6.45) is 14.8. The lowest BCUT2D eigenvalue weighted by molar-refractivity contribution is 0.387. The zero-order chi connectivity index (χ0) is 10.1. The summed E-state index contributed by atoms with van der Waals surface area (Å²) in [6, 6.07) is 0. The summed E-state index contributed by atoms with van der Waals surface area (Å²) >= 11 is 0. The monoisotopic (exact) mass is 198 g/mol. The molecule has 1 rings (SSSR count). The molecule has 0 aromatic carbocycles. The van der Waals surface area contributed by atoms with Crippen molar-refractivity contribution in [2.45, 2.75) is 77.2 Å². The Hall–Kier alpha value is -0.0400. The molecule has 0 aromatic rings. The van der Waals surface area contributed by atoms with E-state index in [2.05, 4.69) is 6.92 Å². The van der Waals surface area contributed by atoms with E-state index in [9.17, 15) is 0 Å². The molecule has 1 saturated heterocycles. The Bertz CT molecular complexity index is 118. The standard InChI is InChI=1S/C13H26O/c1-2-3-4-5-6-7-8-9-10-11-13-12-14-13/h13H,2-12H2,1H3/t13-/m1/s1. The van der Waals surface area contributed by atoms with Crippen LogP contribution in [0.3, 0.4) is 0 Å². The summed E-state index contributed by atoms with van der Waals surface area (Å²) < 4.78 is 5.18. The lowest BCUT2D eigenvalue weighted by Crippen LogP contribution is -1.86. The second-order valence-electron chi connectivity index (χ2n) is 4.57. The highest BCUT2D eigenvalue weighted by atomic mass is 16.6. The summed E-state index contributed by atoms with van der Waals surface area (Å²) in [5, 5.41) is 0. The van der Waals surface area contributed by atoms with E-state index in [-0.39, 0.29) is 0 Å². The molecule has 0 aliphatic carbocycles. The van der Waals surface area contributed by atoms with Gasteiger partial charge >= 0.3 is 0 Å². The lowest BCUT2D eigenvalue weighted by atomic mass is 10.1. The fraction of sp³-hybridized carbons (Fsp3) is 1.00. The van der Waals surface area contributed by atoms with E-state index < -0.39 is 0 Å². The number of unbranched alkanes of at least 4 members (excludes halogenated alkanes) is 8. The molecule has 0 amide bonds. The van der Waals surface area contributed by atoms with Crippen molar-refractivity contribution in [2.75, 3.05) is 6.61 Å². The minimum absolute atomic E-state index is 0.652. The van der Waals surface area contributed by atoms with Gasteiger partial charge < -0.3 is 4.74 Å². The Balaban J connectivity index is 1.63. The zero-order valence-electron chi connectivity index (χ0n) is 9.76. The van der Waals surface area contributed by atoms with Crippen LogP contribution in [0.15, 0.2) is 0 Å². The van der Waals surface area contributed by atoms with Gasteiger partial charge in [0.05, 0.1) is 12.7 Å². The van der Waals surface area contributed by atoms with Gasteiger partial charge in [-0.1, -0.05) is 64.7 Å². The van der Waals surface area contributed by atoms with Gasteiger partial charge in [0, 0.05) is 0 Å². The highest BCUT2D eigenvalue weighted by Gasteiger charge is 2.20. The van der Waals surface area contributed by atoms with E-state index in [1.165, 1.54) is 64.2 Å². The maximum atomic E-state index is 5.18. The molecule has 84 valence electrons. The van der Waals surface area contributed by atoms with Crippen molar-refractivity contribution in [3.05, 3.63) is 0 Å². The lowest BCUT2D eigenvalue weighted by Gasteiger charge is -2.00. The molecule has 1 atom stereocenters. The number of epoxide rings is 1. The Morgan fingerprint density at radius 2 is 1.36 bits per heavy atom. The van der Waals surface area contributed by atoms with Gasteiger partial charge in [-0.2, -0.15) is 0 Å². The molecule has 0 spiro atoms. The average molecular weight is 198 g/mol. The third-order valence-corrected chi connectivity index (χ3v) is 3.03. The summed E-state index contributed by atoms with van der Waals surface area (Å²) in [5.41, 5.74) is 0. The van der Waals surface area contributed by atoms with Crippen LogP contribution < -0.4 is 0 Å². The van der Waals surface area contributed by atoms with Crippen LogP contribution in [0, 0.1) is 0 Å². The summed E-state index contributed by atoms with van der Waals surface area (Å²) in [7, 11) is 0. The molecule has 0 saturated carbocycles. The van der Waals surface area contributed by atoms with Crippen LogP contribution in [0.2, 0.25) is 0 Å². The first kappa shape index (κ1) is 12.0. The first-order chi connectivity index (χ1) is 6.93. The van der Waals surface area contributed by atoms with E-state index >= 15 is 0 Å². The fourth-order valence-electron chi connectivity index (χ4n) is 1.92. The molecule has 14 heavy (non-hydrogen) atoms. The van der Waals surface area contributed by atoms with Crippen molar-refractivity contribution in [1.29, 1.82) is 0 Å². The Morgan fingerprint density at radius 1 is 0.857 bits per heavy atom. The van der Waals surface area contributed by atoms with Crippen molar-refractivity contribution in [1.82, 2.24) is 0 Å². The molecule has 1 fully saturated rings. The van der Waals surface area contributed by atoms with Crippen LogP contribution in [-0.4, -0.2) is 12.7 Å². The first-order valence-corrected chi connectivity index (χ1v) is 6.55. The van der Waals surface area contributed by atoms with Crippen molar-refractivity contribution < 1.29 is 4.74 Å². The van der Waals surface area contributed by atoms with E-state index in [4.69, 9.17) is 4.74 Å². The van der Waals surface area contributed by atoms with E-state index in [1.54, 1.807) is 0 Å². The minimum Gasteiger partial charge on any atom is -0.373 e. The molecule has 0 radical (unpaired) electrons. The largest absolute Gasteiger partial charge is 0.373 e. The van der Waals surface area contributed by atoms with Crippen LogP contribution in [-0.2, 0) is 4.74 Å². The minimum atomic E-state index is 0.652. The van der Waals surface area contributed by atoms with Crippen molar-refractivity contribution in [2.24, 2.45) is 0 Å². The average Bonchev–Trinajstić information content (AvgIpc) is 2.99. The number of hydrogen-bond acceptors (Lipinski definition) is 1. The van der Waals surface area contributed by atoms with Crippen LogP contribution in [0.25, 0.3) is 0 Å². The van der Waals surface area contributed by atoms with Gasteiger partial charge in [0.2, 0.25) is 0 Å².